The zero-order valence-corrected chi connectivity index (χ0v) is 19.5. The van der Waals surface area contributed by atoms with Crippen LogP contribution in [0.2, 0.25) is 10.0 Å². The minimum absolute atomic E-state index is 0.0198. The monoisotopic (exact) mass is 494 g/mol. The minimum atomic E-state index is -4.10. The van der Waals surface area contributed by atoms with Crippen LogP contribution in [0.25, 0.3) is 0 Å². The molecule has 1 amide bonds. The van der Waals surface area contributed by atoms with E-state index in [1.165, 1.54) is 44.6 Å². The Labute approximate surface area is 196 Å². The number of carbonyl (C=O) groups is 1. The van der Waals surface area contributed by atoms with E-state index < -0.39 is 22.5 Å². The molecule has 0 heterocycles. The van der Waals surface area contributed by atoms with Gasteiger partial charge in [0.1, 0.15) is 18.0 Å². The summed E-state index contributed by atoms with van der Waals surface area (Å²) in [6, 6.07) is 16.8. The molecular weight excluding hydrogens is 475 g/mol. The number of benzene rings is 3. The van der Waals surface area contributed by atoms with Crippen LogP contribution in [0.1, 0.15) is 0 Å². The van der Waals surface area contributed by atoms with Gasteiger partial charge in [-0.15, -0.1) is 0 Å². The predicted octanol–water partition coefficient (Wildman–Crippen LogP) is 4.84. The first-order valence-electron chi connectivity index (χ1n) is 9.30. The highest BCUT2D eigenvalue weighted by Gasteiger charge is 2.28. The summed E-state index contributed by atoms with van der Waals surface area (Å²) in [6.07, 6.45) is 0. The van der Waals surface area contributed by atoms with Crippen molar-refractivity contribution in [3.05, 3.63) is 76.8 Å². The van der Waals surface area contributed by atoms with Crippen molar-refractivity contribution in [1.82, 2.24) is 0 Å². The third-order valence-corrected chi connectivity index (χ3v) is 6.74. The molecule has 0 bridgehead atoms. The third kappa shape index (κ3) is 5.45. The Kier molecular flexibility index (Phi) is 7.50. The Balaban J connectivity index is 1.96. The quantitative estimate of drug-likeness (QED) is 0.483. The Morgan fingerprint density at radius 2 is 1.66 bits per heavy atom. The molecule has 0 saturated heterocycles. The average molecular weight is 495 g/mol. The van der Waals surface area contributed by atoms with Gasteiger partial charge in [-0.2, -0.15) is 0 Å². The number of ether oxygens (including phenoxy) is 2. The number of carbonyl (C=O) groups excluding carboxylic acids is 1. The lowest BCUT2D eigenvalue weighted by atomic mass is 10.2. The number of nitrogens with zero attached hydrogens (tertiary/aromatic N) is 1. The molecule has 1 N–H and O–H groups in total. The van der Waals surface area contributed by atoms with Crippen molar-refractivity contribution in [3.63, 3.8) is 0 Å². The molecule has 3 rings (SSSR count). The molecule has 0 saturated carbocycles. The van der Waals surface area contributed by atoms with Crippen LogP contribution in [-0.2, 0) is 14.8 Å². The summed E-state index contributed by atoms with van der Waals surface area (Å²) < 4.78 is 38.2. The number of hydrogen-bond donors (Lipinski definition) is 1. The van der Waals surface area contributed by atoms with E-state index in [1.807, 2.05) is 0 Å². The molecule has 0 aliphatic carbocycles. The second-order valence-corrected chi connectivity index (χ2v) is 9.30. The summed E-state index contributed by atoms with van der Waals surface area (Å²) in [5.41, 5.74) is 0.576. The lowest BCUT2D eigenvalue weighted by Gasteiger charge is -2.24. The lowest BCUT2D eigenvalue weighted by Crippen LogP contribution is -2.38. The Morgan fingerprint density at radius 3 is 2.28 bits per heavy atom. The van der Waals surface area contributed by atoms with Crippen molar-refractivity contribution in [1.29, 1.82) is 0 Å². The molecule has 3 aromatic carbocycles. The van der Waals surface area contributed by atoms with Gasteiger partial charge in [-0.05, 0) is 54.6 Å². The minimum Gasteiger partial charge on any atom is -0.497 e. The van der Waals surface area contributed by atoms with Crippen molar-refractivity contribution in [2.75, 3.05) is 30.4 Å². The van der Waals surface area contributed by atoms with Gasteiger partial charge in [-0.3, -0.25) is 9.10 Å². The maximum Gasteiger partial charge on any atom is 0.264 e. The molecule has 0 atom stereocenters. The molecule has 0 fully saturated rings. The second-order valence-electron chi connectivity index (χ2n) is 6.56. The highest BCUT2D eigenvalue weighted by molar-refractivity contribution is 7.92. The average Bonchev–Trinajstić information content (AvgIpc) is 2.77. The highest BCUT2D eigenvalue weighted by Crippen LogP contribution is 2.30. The van der Waals surface area contributed by atoms with E-state index in [0.717, 1.165) is 4.31 Å². The molecule has 0 aliphatic rings. The van der Waals surface area contributed by atoms with E-state index in [-0.39, 0.29) is 10.6 Å². The topological polar surface area (TPSA) is 84.9 Å². The first kappa shape index (κ1) is 23.7. The first-order valence-corrected chi connectivity index (χ1v) is 11.5. The van der Waals surface area contributed by atoms with Gasteiger partial charge in [-0.25, -0.2) is 8.42 Å². The number of methoxy groups -OCH3 is 2. The van der Waals surface area contributed by atoms with E-state index in [4.69, 9.17) is 32.7 Å². The SMILES string of the molecule is COc1ccc(OC)c(NC(=O)CN(c2cccc(Cl)c2)S(=O)(=O)c2ccc(Cl)cc2)c1. The molecule has 0 unspecified atom stereocenters. The summed E-state index contributed by atoms with van der Waals surface area (Å²) in [6.45, 7) is -0.508. The van der Waals surface area contributed by atoms with Crippen molar-refractivity contribution < 1.29 is 22.7 Å². The van der Waals surface area contributed by atoms with Gasteiger partial charge in [0.15, 0.2) is 0 Å². The number of nitrogens with one attached hydrogen (secondary N) is 1. The number of amides is 1. The fourth-order valence-electron chi connectivity index (χ4n) is 2.91. The van der Waals surface area contributed by atoms with E-state index in [1.54, 1.807) is 36.4 Å². The molecule has 32 heavy (non-hydrogen) atoms. The van der Waals surface area contributed by atoms with E-state index in [0.29, 0.717) is 27.2 Å². The zero-order valence-electron chi connectivity index (χ0n) is 17.2. The summed E-state index contributed by atoms with van der Waals surface area (Å²) in [7, 11) is -1.15. The van der Waals surface area contributed by atoms with E-state index in [9.17, 15) is 13.2 Å². The van der Waals surface area contributed by atoms with Gasteiger partial charge < -0.3 is 14.8 Å². The molecule has 0 aromatic heterocycles. The molecular formula is C22H20Cl2N2O5S. The standard InChI is InChI=1S/C22H20Cl2N2O5S/c1-30-18-8-11-21(31-2)20(13-18)25-22(27)14-26(17-5-3-4-16(24)12-17)32(28,29)19-9-6-15(23)7-10-19/h3-13H,14H2,1-2H3,(H,25,27). The Hall–Kier alpha value is -2.94. The van der Waals surface area contributed by atoms with Crippen LogP contribution in [0.5, 0.6) is 11.5 Å². The Morgan fingerprint density at radius 1 is 0.938 bits per heavy atom. The molecule has 3 aromatic rings. The third-order valence-electron chi connectivity index (χ3n) is 4.47. The van der Waals surface area contributed by atoms with E-state index in [2.05, 4.69) is 5.32 Å². The number of halogens is 2. The van der Waals surface area contributed by atoms with Crippen molar-refractivity contribution >= 4 is 50.5 Å². The van der Waals surface area contributed by atoms with Gasteiger partial charge in [0.2, 0.25) is 5.91 Å². The van der Waals surface area contributed by atoms with Crippen LogP contribution in [0, 0.1) is 0 Å². The van der Waals surface area contributed by atoms with Crippen molar-refractivity contribution in [2.45, 2.75) is 4.90 Å². The summed E-state index contributed by atoms with van der Waals surface area (Å²) in [4.78, 5) is 12.9. The van der Waals surface area contributed by atoms with Crippen LogP contribution in [0.4, 0.5) is 11.4 Å². The normalized spacial score (nSPS) is 11.0. The summed E-state index contributed by atoms with van der Waals surface area (Å²) in [5, 5.41) is 3.40. The van der Waals surface area contributed by atoms with Crippen molar-refractivity contribution in [3.8, 4) is 11.5 Å². The number of anilines is 2. The van der Waals surface area contributed by atoms with Crippen LogP contribution in [0.3, 0.4) is 0 Å². The van der Waals surface area contributed by atoms with Gasteiger partial charge >= 0.3 is 0 Å². The van der Waals surface area contributed by atoms with Gasteiger partial charge in [0.05, 0.1) is 30.5 Å². The number of rotatable bonds is 8. The van der Waals surface area contributed by atoms with Gasteiger partial charge in [-0.1, -0.05) is 29.3 Å². The zero-order chi connectivity index (χ0) is 23.3. The molecule has 168 valence electrons. The lowest BCUT2D eigenvalue weighted by molar-refractivity contribution is -0.114. The molecule has 0 spiro atoms. The fraction of sp³-hybridized carbons (Fsp3) is 0.136. The predicted molar refractivity (Wildman–Crippen MR) is 126 cm³/mol. The molecule has 7 nitrogen and oxygen atoms in total. The van der Waals surface area contributed by atoms with Crippen LogP contribution >= 0.6 is 23.2 Å². The Bertz CT molecular complexity index is 1220. The van der Waals surface area contributed by atoms with Crippen LogP contribution < -0.4 is 19.1 Å². The van der Waals surface area contributed by atoms with Crippen LogP contribution in [0.15, 0.2) is 71.6 Å². The molecule has 0 aliphatic heterocycles. The number of sulfonamides is 1. The van der Waals surface area contributed by atoms with E-state index >= 15 is 0 Å². The van der Waals surface area contributed by atoms with Gasteiger partial charge in [0, 0.05) is 16.1 Å². The first-order chi connectivity index (χ1) is 15.2. The van der Waals surface area contributed by atoms with Gasteiger partial charge in [0.25, 0.3) is 10.0 Å². The summed E-state index contributed by atoms with van der Waals surface area (Å²) >= 11 is 12.0. The molecule has 10 heteroatoms. The fourth-order valence-corrected chi connectivity index (χ4v) is 4.64. The highest BCUT2D eigenvalue weighted by atomic mass is 35.5. The van der Waals surface area contributed by atoms with Crippen molar-refractivity contribution in [2.24, 2.45) is 0 Å². The maximum absolute atomic E-state index is 13.4. The maximum atomic E-state index is 13.4. The largest absolute Gasteiger partial charge is 0.497 e. The second kappa shape index (κ2) is 10.1. The summed E-state index contributed by atoms with van der Waals surface area (Å²) in [5.74, 6) is 0.310. The number of hydrogen-bond acceptors (Lipinski definition) is 5. The smallest absolute Gasteiger partial charge is 0.264 e. The van der Waals surface area contributed by atoms with Crippen LogP contribution in [-0.4, -0.2) is 35.1 Å². The molecule has 0 radical (unpaired) electrons.